The lowest BCUT2D eigenvalue weighted by atomic mass is 9.94. The molecule has 3 rings (SSSR count). The maximum Gasteiger partial charge on any atom is 0.122 e. The number of likely N-dealkylation sites (N-methyl/N-ethyl adjacent to an activating group) is 1. The fraction of sp³-hybridized carbons (Fsp3) is 0.938. The summed E-state index contributed by atoms with van der Waals surface area (Å²) in [5.41, 5.74) is -0.277. The molecule has 0 amide bonds. The molecular formula is C16H28N4. The van der Waals surface area contributed by atoms with Crippen molar-refractivity contribution in [2.24, 2.45) is 5.92 Å². The molecule has 0 radical (unpaired) electrons. The van der Waals surface area contributed by atoms with Gasteiger partial charge in [-0.15, -0.1) is 0 Å². The fourth-order valence-electron chi connectivity index (χ4n) is 3.44. The van der Waals surface area contributed by atoms with E-state index in [0.717, 1.165) is 19.6 Å². The largest absolute Gasteiger partial charge is 0.302 e. The molecule has 2 aliphatic carbocycles. The van der Waals surface area contributed by atoms with E-state index in [9.17, 15) is 5.26 Å². The van der Waals surface area contributed by atoms with Crippen LogP contribution in [0.5, 0.6) is 0 Å². The van der Waals surface area contributed by atoms with E-state index in [1.165, 1.54) is 51.6 Å². The van der Waals surface area contributed by atoms with Crippen LogP contribution < -0.4 is 5.32 Å². The topological polar surface area (TPSA) is 42.3 Å². The van der Waals surface area contributed by atoms with Crippen LogP contribution in [0.25, 0.3) is 0 Å². The van der Waals surface area contributed by atoms with Gasteiger partial charge in [-0.05, 0) is 64.6 Å². The minimum atomic E-state index is -0.277. The summed E-state index contributed by atoms with van der Waals surface area (Å²) >= 11 is 0. The normalized spacial score (nSPS) is 26.6. The van der Waals surface area contributed by atoms with Gasteiger partial charge in [0.15, 0.2) is 0 Å². The Balaban J connectivity index is 1.50. The minimum absolute atomic E-state index is 0.277. The van der Waals surface area contributed by atoms with Crippen molar-refractivity contribution in [3.63, 3.8) is 0 Å². The van der Waals surface area contributed by atoms with Crippen molar-refractivity contribution in [2.45, 2.75) is 50.1 Å². The van der Waals surface area contributed by atoms with Crippen LogP contribution in [0.15, 0.2) is 0 Å². The van der Waals surface area contributed by atoms with Gasteiger partial charge in [0, 0.05) is 25.7 Å². The molecule has 3 fully saturated rings. The monoisotopic (exact) mass is 276 g/mol. The van der Waals surface area contributed by atoms with Gasteiger partial charge < -0.3 is 9.80 Å². The maximum atomic E-state index is 9.74. The average Bonchev–Trinajstić information content (AvgIpc) is 3.36. The number of likely N-dealkylation sites (tertiary alicyclic amines) is 1. The van der Waals surface area contributed by atoms with Crippen molar-refractivity contribution in [1.29, 1.82) is 5.26 Å². The number of nitrogens with one attached hydrogen (secondary N) is 1. The fourth-order valence-corrected chi connectivity index (χ4v) is 3.44. The van der Waals surface area contributed by atoms with Gasteiger partial charge in [-0.25, -0.2) is 0 Å². The molecule has 4 nitrogen and oxygen atoms in total. The van der Waals surface area contributed by atoms with E-state index >= 15 is 0 Å². The highest BCUT2D eigenvalue weighted by atomic mass is 15.2. The van der Waals surface area contributed by atoms with Gasteiger partial charge in [0.2, 0.25) is 0 Å². The SMILES string of the molecule is CN(CCN1CCCC1)CC(C#N)(NC1CC1)C1CC1. The molecule has 0 aromatic heterocycles. The first kappa shape index (κ1) is 14.3. The summed E-state index contributed by atoms with van der Waals surface area (Å²) in [6, 6.07) is 3.25. The Kier molecular flexibility index (Phi) is 4.30. The third-order valence-electron chi connectivity index (χ3n) is 5.03. The molecule has 0 bridgehead atoms. The summed E-state index contributed by atoms with van der Waals surface area (Å²) in [6.07, 6.45) is 7.69. The third kappa shape index (κ3) is 3.52. The Hall–Kier alpha value is -0.630. The lowest BCUT2D eigenvalue weighted by Gasteiger charge is -2.33. The van der Waals surface area contributed by atoms with Gasteiger partial charge >= 0.3 is 0 Å². The standard InChI is InChI=1S/C16H28N4/c1-19(10-11-20-8-2-3-9-20)13-16(12-17,14-4-5-14)18-15-6-7-15/h14-15,18H,2-11,13H2,1H3. The number of hydrogen-bond acceptors (Lipinski definition) is 4. The van der Waals surface area contributed by atoms with Crippen LogP contribution in [0.1, 0.15) is 38.5 Å². The van der Waals surface area contributed by atoms with Crippen LogP contribution in [0, 0.1) is 17.2 Å². The van der Waals surface area contributed by atoms with Crippen LogP contribution in [0.3, 0.4) is 0 Å². The van der Waals surface area contributed by atoms with Crippen molar-refractivity contribution >= 4 is 0 Å². The zero-order chi connectivity index (χ0) is 14.0. The zero-order valence-corrected chi connectivity index (χ0v) is 12.8. The molecule has 0 spiro atoms. The Morgan fingerprint density at radius 2 is 1.95 bits per heavy atom. The molecule has 1 aliphatic heterocycles. The molecule has 1 saturated heterocycles. The van der Waals surface area contributed by atoms with E-state index < -0.39 is 0 Å². The number of nitriles is 1. The smallest absolute Gasteiger partial charge is 0.122 e. The van der Waals surface area contributed by atoms with Crippen LogP contribution in [-0.4, -0.2) is 61.2 Å². The van der Waals surface area contributed by atoms with Gasteiger partial charge in [-0.2, -0.15) is 5.26 Å². The first-order valence-electron chi connectivity index (χ1n) is 8.32. The van der Waals surface area contributed by atoms with Crippen molar-refractivity contribution in [1.82, 2.24) is 15.1 Å². The Bertz CT molecular complexity index is 363. The summed E-state index contributed by atoms with van der Waals surface area (Å²) < 4.78 is 0. The highest BCUT2D eigenvalue weighted by Gasteiger charge is 2.48. The molecule has 4 heteroatoms. The van der Waals surface area contributed by atoms with Crippen LogP contribution in [-0.2, 0) is 0 Å². The second kappa shape index (κ2) is 6.01. The number of rotatable bonds is 8. The summed E-state index contributed by atoms with van der Waals surface area (Å²) in [5.74, 6) is 0.585. The molecule has 1 atom stereocenters. The predicted molar refractivity (Wildman–Crippen MR) is 80.4 cm³/mol. The molecule has 1 N–H and O–H groups in total. The quantitative estimate of drug-likeness (QED) is 0.728. The summed E-state index contributed by atoms with van der Waals surface area (Å²) in [5, 5.41) is 13.4. The van der Waals surface area contributed by atoms with Gasteiger partial charge in [0.1, 0.15) is 5.54 Å². The summed E-state index contributed by atoms with van der Waals surface area (Å²) in [4.78, 5) is 4.92. The molecule has 112 valence electrons. The molecule has 3 aliphatic rings. The lowest BCUT2D eigenvalue weighted by Crippen LogP contribution is -2.55. The van der Waals surface area contributed by atoms with Crippen molar-refractivity contribution < 1.29 is 0 Å². The summed E-state index contributed by atoms with van der Waals surface area (Å²) in [7, 11) is 2.18. The molecule has 1 unspecified atom stereocenters. The van der Waals surface area contributed by atoms with Gasteiger partial charge in [0.25, 0.3) is 0 Å². The zero-order valence-electron chi connectivity index (χ0n) is 12.8. The first-order chi connectivity index (χ1) is 9.72. The van der Waals surface area contributed by atoms with E-state index in [0.29, 0.717) is 12.0 Å². The van der Waals surface area contributed by atoms with Crippen LogP contribution in [0.4, 0.5) is 0 Å². The molecule has 0 aromatic rings. The second-order valence-electron chi connectivity index (χ2n) is 7.06. The highest BCUT2D eigenvalue weighted by molar-refractivity contribution is 5.18. The number of hydrogen-bond donors (Lipinski definition) is 1. The van der Waals surface area contributed by atoms with Crippen LogP contribution in [0.2, 0.25) is 0 Å². The third-order valence-corrected chi connectivity index (χ3v) is 5.03. The maximum absolute atomic E-state index is 9.74. The molecule has 2 saturated carbocycles. The van der Waals surface area contributed by atoms with Crippen molar-refractivity contribution in [2.75, 3.05) is 39.8 Å². The predicted octanol–water partition coefficient (Wildman–Crippen LogP) is 1.44. The average molecular weight is 276 g/mol. The lowest BCUT2D eigenvalue weighted by molar-refractivity contribution is 0.201. The molecule has 20 heavy (non-hydrogen) atoms. The van der Waals surface area contributed by atoms with E-state index in [4.69, 9.17) is 0 Å². The minimum Gasteiger partial charge on any atom is -0.302 e. The highest BCUT2D eigenvalue weighted by Crippen LogP contribution is 2.41. The Labute approximate surface area is 123 Å². The Morgan fingerprint density at radius 3 is 2.50 bits per heavy atom. The van der Waals surface area contributed by atoms with Gasteiger partial charge in [-0.1, -0.05) is 0 Å². The molecular weight excluding hydrogens is 248 g/mol. The van der Waals surface area contributed by atoms with Crippen molar-refractivity contribution in [3.8, 4) is 6.07 Å². The van der Waals surface area contributed by atoms with E-state index in [2.05, 4.69) is 28.2 Å². The first-order valence-corrected chi connectivity index (χ1v) is 8.32. The Morgan fingerprint density at radius 1 is 1.25 bits per heavy atom. The number of nitrogens with zero attached hydrogens (tertiary/aromatic N) is 3. The van der Waals surface area contributed by atoms with Crippen molar-refractivity contribution in [3.05, 3.63) is 0 Å². The molecule has 1 heterocycles. The van der Waals surface area contributed by atoms with E-state index in [1.54, 1.807) is 0 Å². The van der Waals surface area contributed by atoms with Crippen LogP contribution >= 0.6 is 0 Å². The molecule has 0 aromatic carbocycles. The van der Waals surface area contributed by atoms with Gasteiger partial charge in [0.05, 0.1) is 6.07 Å². The van der Waals surface area contributed by atoms with E-state index in [1.807, 2.05) is 0 Å². The van der Waals surface area contributed by atoms with Gasteiger partial charge in [-0.3, -0.25) is 5.32 Å². The van der Waals surface area contributed by atoms with E-state index in [-0.39, 0.29) is 5.54 Å². The second-order valence-corrected chi connectivity index (χ2v) is 7.06. The summed E-state index contributed by atoms with van der Waals surface area (Å²) in [6.45, 7) is 5.66.